The van der Waals surface area contributed by atoms with E-state index in [0.29, 0.717) is 6.61 Å². The van der Waals surface area contributed by atoms with E-state index >= 15 is 0 Å². The van der Waals surface area contributed by atoms with Gasteiger partial charge in [-0.1, -0.05) is 35.0 Å². The molecule has 106 valence electrons. The van der Waals surface area contributed by atoms with Gasteiger partial charge in [-0.25, -0.2) is 0 Å². The maximum absolute atomic E-state index is 6.51. The standard InChI is InChI=1S/C16H19BrN2O/c1-3-7-20-15-9-13(10-19-11-15)16(2,18)12-5-4-6-14(17)8-12/h4-6,8-11H,3,7,18H2,1-2H3. The van der Waals surface area contributed by atoms with Gasteiger partial charge in [-0.05, 0) is 42.7 Å². The Morgan fingerprint density at radius 2 is 2.05 bits per heavy atom. The van der Waals surface area contributed by atoms with E-state index < -0.39 is 5.54 Å². The van der Waals surface area contributed by atoms with Crippen LogP contribution in [0.1, 0.15) is 31.4 Å². The highest BCUT2D eigenvalue weighted by atomic mass is 79.9. The molecule has 0 fully saturated rings. The average Bonchev–Trinajstić information content (AvgIpc) is 2.45. The van der Waals surface area contributed by atoms with E-state index in [0.717, 1.165) is 27.8 Å². The minimum Gasteiger partial charge on any atom is -0.492 e. The number of benzene rings is 1. The van der Waals surface area contributed by atoms with Gasteiger partial charge in [-0.2, -0.15) is 0 Å². The number of pyridine rings is 1. The fourth-order valence-electron chi connectivity index (χ4n) is 1.98. The van der Waals surface area contributed by atoms with Crippen LogP contribution in [0.15, 0.2) is 47.2 Å². The van der Waals surface area contributed by atoms with E-state index in [1.165, 1.54) is 0 Å². The molecule has 20 heavy (non-hydrogen) atoms. The first-order valence-electron chi connectivity index (χ1n) is 6.67. The number of rotatable bonds is 5. The maximum atomic E-state index is 6.51. The van der Waals surface area contributed by atoms with Gasteiger partial charge < -0.3 is 10.5 Å². The van der Waals surface area contributed by atoms with Crippen LogP contribution in [0.2, 0.25) is 0 Å². The molecule has 1 heterocycles. The SMILES string of the molecule is CCCOc1cncc(C(C)(N)c2cccc(Br)c2)c1. The normalized spacial score (nSPS) is 13.8. The molecule has 0 spiro atoms. The lowest BCUT2D eigenvalue weighted by Crippen LogP contribution is -2.34. The molecule has 3 nitrogen and oxygen atoms in total. The minimum absolute atomic E-state index is 0.609. The van der Waals surface area contributed by atoms with Crippen LogP contribution >= 0.6 is 15.9 Å². The first-order chi connectivity index (χ1) is 9.54. The van der Waals surface area contributed by atoms with Crippen LogP contribution in [0.4, 0.5) is 0 Å². The number of halogens is 1. The molecule has 0 saturated heterocycles. The fourth-order valence-corrected chi connectivity index (χ4v) is 2.38. The molecule has 0 radical (unpaired) electrons. The maximum Gasteiger partial charge on any atom is 0.137 e. The lowest BCUT2D eigenvalue weighted by molar-refractivity contribution is 0.315. The first-order valence-corrected chi connectivity index (χ1v) is 7.46. The third kappa shape index (κ3) is 3.38. The van der Waals surface area contributed by atoms with Gasteiger partial charge in [0.05, 0.1) is 18.3 Å². The Morgan fingerprint density at radius 1 is 1.25 bits per heavy atom. The van der Waals surface area contributed by atoms with Crippen molar-refractivity contribution >= 4 is 15.9 Å². The number of hydrogen-bond acceptors (Lipinski definition) is 3. The highest BCUT2D eigenvalue weighted by Gasteiger charge is 2.24. The Balaban J connectivity index is 2.33. The second-order valence-corrected chi connectivity index (χ2v) is 5.89. The Bertz CT molecular complexity index is 584. The summed E-state index contributed by atoms with van der Waals surface area (Å²) in [5.74, 6) is 0.760. The summed E-state index contributed by atoms with van der Waals surface area (Å²) in [7, 11) is 0. The van der Waals surface area contributed by atoms with Gasteiger partial charge in [0.15, 0.2) is 0 Å². The van der Waals surface area contributed by atoms with E-state index in [4.69, 9.17) is 10.5 Å². The van der Waals surface area contributed by atoms with Crippen LogP contribution < -0.4 is 10.5 Å². The highest BCUT2D eigenvalue weighted by Crippen LogP contribution is 2.29. The van der Waals surface area contributed by atoms with Crippen LogP contribution in [-0.2, 0) is 5.54 Å². The zero-order valence-electron chi connectivity index (χ0n) is 11.8. The molecule has 1 aromatic heterocycles. The summed E-state index contributed by atoms with van der Waals surface area (Å²) >= 11 is 3.48. The number of aromatic nitrogens is 1. The molecule has 0 saturated carbocycles. The molecule has 2 aromatic rings. The zero-order chi connectivity index (χ0) is 14.6. The van der Waals surface area contributed by atoms with Crippen molar-refractivity contribution in [3.63, 3.8) is 0 Å². The van der Waals surface area contributed by atoms with Gasteiger partial charge in [0.25, 0.3) is 0 Å². The van der Waals surface area contributed by atoms with Gasteiger partial charge in [-0.3, -0.25) is 4.98 Å². The van der Waals surface area contributed by atoms with Crippen molar-refractivity contribution in [2.45, 2.75) is 25.8 Å². The van der Waals surface area contributed by atoms with Gasteiger partial charge in [0.2, 0.25) is 0 Å². The molecule has 1 atom stereocenters. The van der Waals surface area contributed by atoms with Crippen molar-refractivity contribution in [2.75, 3.05) is 6.61 Å². The van der Waals surface area contributed by atoms with Gasteiger partial charge in [-0.15, -0.1) is 0 Å². The Labute approximate surface area is 128 Å². The van der Waals surface area contributed by atoms with Gasteiger partial charge >= 0.3 is 0 Å². The first kappa shape index (κ1) is 15.0. The van der Waals surface area contributed by atoms with Crippen LogP contribution in [-0.4, -0.2) is 11.6 Å². The summed E-state index contributed by atoms with van der Waals surface area (Å²) < 4.78 is 6.64. The summed E-state index contributed by atoms with van der Waals surface area (Å²) in [6.07, 6.45) is 4.48. The summed E-state index contributed by atoms with van der Waals surface area (Å²) in [6.45, 7) is 4.74. The summed E-state index contributed by atoms with van der Waals surface area (Å²) in [5.41, 5.74) is 7.86. The van der Waals surface area contributed by atoms with Crippen molar-refractivity contribution in [2.24, 2.45) is 5.73 Å². The van der Waals surface area contributed by atoms with Crippen LogP contribution in [0.5, 0.6) is 5.75 Å². The predicted octanol–water partition coefficient (Wildman–Crippen LogP) is 3.86. The fraction of sp³-hybridized carbons (Fsp3) is 0.312. The molecule has 0 aliphatic rings. The largest absolute Gasteiger partial charge is 0.492 e. The average molecular weight is 335 g/mol. The van der Waals surface area contributed by atoms with E-state index in [9.17, 15) is 0 Å². The molecule has 0 amide bonds. The van der Waals surface area contributed by atoms with Gasteiger partial charge in [0.1, 0.15) is 5.75 Å². The molecule has 1 unspecified atom stereocenters. The van der Waals surface area contributed by atoms with E-state index in [2.05, 4.69) is 27.8 Å². The van der Waals surface area contributed by atoms with Gasteiger partial charge in [0, 0.05) is 10.7 Å². The number of nitrogens with two attached hydrogens (primary N) is 1. The second kappa shape index (κ2) is 6.37. The smallest absolute Gasteiger partial charge is 0.137 e. The summed E-state index contributed by atoms with van der Waals surface area (Å²) in [6, 6.07) is 9.97. The number of ether oxygens (including phenoxy) is 1. The molecule has 1 aromatic carbocycles. The minimum atomic E-state index is -0.609. The van der Waals surface area contributed by atoms with Crippen molar-refractivity contribution in [3.8, 4) is 5.75 Å². The molecule has 0 aliphatic heterocycles. The third-order valence-corrected chi connectivity index (χ3v) is 3.70. The van der Waals surface area contributed by atoms with Crippen LogP contribution in [0, 0.1) is 0 Å². The summed E-state index contributed by atoms with van der Waals surface area (Å²) in [4.78, 5) is 4.24. The lowest BCUT2D eigenvalue weighted by Gasteiger charge is -2.26. The van der Waals surface area contributed by atoms with E-state index in [1.54, 1.807) is 12.4 Å². The zero-order valence-corrected chi connectivity index (χ0v) is 13.4. The Hall–Kier alpha value is -1.39. The molecule has 4 heteroatoms. The van der Waals surface area contributed by atoms with Crippen LogP contribution in [0.3, 0.4) is 0 Å². The van der Waals surface area contributed by atoms with Crippen molar-refractivity contribution in [3.05, 3.63) is 58.3 Å². The molecule has 2 N–H and O–H groups in total. The summed E-state index contributed by atoms with van der Waals surface area (Å²) in [5, 5.41) is 0. The number of hydrogen-bond donors (Lipinski definition) is 1. The topological polar surface area (TPSA) is 48.1 Å². The quantitative estimate of drug-likeness (QED) is 0.903. The Morgan fingerprint density at radius 3 is 2.75 bits per heavy atom. The van der Waals surface area contributed by atoms with Crippen molar-refractivity contribution in [1.29, 1.82) is 0 Å². The van der Waals surface area contributed by atoms with E-state index in [1.807, 2.05) is 37.3 Å². The van der Waals surface area contributed by atoms with Crippen molar-refractivity contribution < 1.29 is 4.74 Å². The van der Waals surface area contributed by atoms with E-state index in [-0.39, 0.29) is 0 Å². The highest BCUT2D eigenvalue weighted by molar-refractivity contribution is 9.10. The number of nitrogens with zero attached hydrogens (tertiary/aromatic N) is 1. The van der Waals surface area contributed by atoms with Crippen LogP contribution in [0.25, 0.3) is 0 Å². The molecular formula is C16H19BrN2O. The lowest BCUT2D eigenvalue weighted by atomic mass is 9.87. The Kier molecular flexibility index (Phi) is 4.78. The third-order valence-electron chi connectivity index (χ3n) is 3.21. The second-order valence-electron chi connectivity index (χ2n) is 4.97. The molecular weight excluding hydrogens is 316 g/mol. The van der Waals surface area contributed by atoms with Crippen molar-refractivity contribution in [1.82, 2.24) is 4.98 Å². The predicted molar refractivity (Wildman–Crippen MR) is 84.8 cm³/mol. The molecule has 0 aliphatic carbocycles. The monoisotopic (exact) mass is 334 g/mol. The molecule has 0 bridgehead atoms. The molecule has 2 rings (SSSR count).